The van der Waals surface area contributed by atoms with E-state index in [0.29, 0.717) is 6.04 Å². The van der Waals surface area contributed by atoms with Gasteiger partial charge in [0.05, 0.1) is 5.54 Å². The van der Waals surface area contributed by atoms with Crippen molar-refractivity contribution in [2.24, 2.45) is 0 Å². The molecule has 2 saturated heterocycles. The summed E-state index contributed by atoms with van der Waals surface area (Å²) in [7, 11) is 0. The third-order valence-corrected chi connectivity index (χ3v) is 4.19. The first-order valence-electron chi connectivity index (χ1n) is 6.10. The second-order valence-corrected chi connectivity index (χ2v) is 5.12. The average molecular weight is 209 g/mol. The minimum absolute atomic E-state index is 0.0976. The summed E-state index contributed by atoms with van der Waals surface area (Å²) in [5, 5.41) is 6.46. The number of hydrogen-bond donors (Lipinski definition) is 2. The van der Waals surface area contributed by atoms with Gasteiger partial charge in [-0.2, -0.15) is 0 Å². The summed E-state index contributed by atoms with van der Waals surface area (Å²) in [6.07, 6.45) is 6.05. The number of hydrogen-bond acceptors (Lipinski definition) is 2. The van der Waals surface area contributed by atoms with Crippen LogP contribution in [0, 0.1) is 0 Å². The lowest BCUT2D eigenvalue weighted by molar-refractivity contribution is 0.0599. The van der Waals surface area contributed by atoms with Gasteiger partial charge in [0.25, 0.3) is 0 Å². The standard InChI is InChI=1S/C11H19N3O/c15-10-13-8-11(5-2-6-12-7-11)14(10)9-3-1-4-9/h9,12H,1-8H2,(H,13,15). The molecule has 4 heteroatoms. The fraction of sp³-hybridized carbons (Fsp3) is 0.909. The second kappa shape index (κ2) is 3.37. The van der Waals surface area contributed by atoms with Crippen molar-refractivity contribution in [3.8, 4) is 0 Å². The van der Waals surface area contributed by atoms with Gasteiger partial charge in [0.2, 0.25) is 0 Å². The number of nitrogens with zero attached hydrogens (tertiary/aromatic N) is 1. The molecule has 2 heterocycles. The van der Waals surface area contributed by atoms with Crippen molar-refractivity contribution in [2.75, 3.05) is 19.6 Å². The van der Waals surface area contributed by atoms with Crippen LogP contribution in [-0.4, -0.2) is 42.1 Å². The highest BCUT2D eigenvalue weighted by molar-refractivity contribution is 5.78. The maximum atomic E-state index is 11.9. The van der Waals surface area contributed by atoms with Gasteiger partial charge in [-0.3, -0.25) is 0 Å². The van der Waals surface area contributed by atoms with Gasteiger partial charge in [0.15, 0.2) is 0 Å². The molecule has 2 aliphatic heterocycles. The Hall–Kier alpha value is -0.770. The number of rotatable bonds is 1. The van der Waals surface area contributed by atoms with Crippen molar-refractivity contribution in [3.63, 3.8) is 0 Å². The van der Waals surface area contributed by atoms with Gasteiger partial charge < -0.3 is 15.5 Å². The molecule has 0 aromatic carbocycles. The molecule has 3 aliphatic rings. The Morgan fingerprint density at radius 3 is 2.73 bits per heavy atom. The van der Waals surface area contributed by atoms with Gasteiger partial charge >= 0.3 is 6.03 Å². The van der Waals surface area contributed by atoms with Crippen LogP contribution in [-0.2, 0) is 0 Å². The number of piperidine rings is 1. The number of nitrogens with one attached hydrogen (secondary N) is 2. The van der Waals surface area contributed by atoms with E-state index in [1.807, 2.05) is 0 Å². The van der Waals surface area contributed by atoms with Gasteiger partial charge in [-0.15, -0.1) is 0 Å². The second-order valence-electron chi connectivity index (χ2n) is 5.12. The maximum Gasteiger partial charge on any atom is 0.318 e. The smallest absolute Gasteiger partial charge is 0.318 e. The van der Waals surface area contributed by atoms with E-state index in [1.54, 1.807) is 0 Å². The van der Waals surface area contributed by atoms with E-state index in [9.17, 15) is 4.79 Å². The van der Waals surface area contributed by atoms with E-state index >= 15 is 0 Å². The van der Waals surface area contributed by atoms with Crippen LogP contribution in [0.2, 0.25) is 0 Å². The van der Waals surface area contributed by atoms with Crippen molar-refractivity contribution in [2.45, 2.75) is 43.7 Å². The van der Waals surface area contributed by atoms with E-state index in [0.717, 1.165) is 26.1 Å². The molecule has 0 aromatic heterocycles. The van der Waals surface area contributed by atoms with E-state index < -0.39 is 0 Å². The topological polar surface area (TPSA) is 44.4 Å². The molecule has 4 nitrogen and oxygen atoms in total. The summed E-state index contributed by atoms with van der Waals surface area (Å²) < 4.78 is 0. The first-order chi connectivity index (χ1) is 7.32. The molecule has 1 unspecified atom stereocenters. The number of carbonyl (C=O) groups is 1. The summed E-state index contributed by atoms with van der Waals surface area (Å²) in [4.78, 5) is 14.0. The highest BCUT2D eigenvalue weighted by Gasteiger charge is 2.49. The fourth-order valence-corrected chi connectivity index (χ4v) is 3.13. The van der Waals surface area contributed by atoms with E-state index in [1.165, 1.54) is 25.7 Å². The summed E-state index contributed by atoms with van der Waals surface area (Å²) in [5.41, 5.74) is 0.0976. The zero-order chi connectivity index (χ0) is 10.3. The molecule has 2 N–H and O–H groups in total. The highest BCUT2D eigenvalue weighted by atomic mass is 16.2. The van der Waals surface area contributed by atoms with Crippen LogP contribution in [0.3, 0.4) is 0 Å². The zero-order valence-electron chi connectivity index (χ0n) is 9.09. The Kier molecular flexibility index (Phi) is 2.12. The third-order valence-electron chi connectivity index (χ3n) is 4.19. The normalized spacial score (nSPS) is 36.8. The van der Waals surface area contributed by atoms with Gasteiger partial charge in [0, 0.05) is 19.1 Å². The number of urea groups is 1. The lowest BCUT2D eigenvalue weighted by Crippen LogP contribution is -2.61. The minimum Gasteiger partial charge on any atom is -0.336 e. The van der Waals surface area contributed by atoms with Crippen LogP contribution in [0.4, 0.5) is 4.79 Å². The predicted octanol–water partition coefficient (Wildman–Crippen LogP) is 0.686. The molecule has 0 bridgehead atoms. The molecule has 3 fully saturated rings. The number of amides is 2. The van der Waals surface area contributed by atoms with Gasteiger partial charge in [-0.1, -0.05) is 0 Å². The lowest BCUT2D eigenvalue weighted by atomic mass is 9.83. The van der Waals surface area contributed by atoms with Crippen LogP contribution in [0.25, 0.3) is 0 Å². The van der Waals surface area contributed by atoms with Crippen LogP contribution in [0.5, 0.6) is 0 Å². The highest BCUT2D eigenvalue weighted by Crippen LogP contribution is 2.36. The summed E-state index contributed by atoms with van der Waals surface area (Å²) in [6.45, 7) is 2.92. The first-order valence-corrected chi connectivity index (χ1v) is 6.10. The Morgan fingerprint density at radius 2 is 2.13 bits per heavy atom. The quantitative estimate of drug-likeness (QED) is 0.667. The Morgan fingerprint density at radius 1 is 1.27 bits per heavy atom. The predicted molar refractivity (Wildman–Crippen MR) is 57.7 cm³/mol. The van der Waals surface area contributed by atoms with Crippen LogP contribution < -0.4 is 10.6 Å². The molecule has 1 atom stereocenters. The van der Waals surface area contributed by atoms with Gasteiger partial charge in [-0.05, 0) is 38.6 Å². The van der Waals surface area contributed by atoms with Crippen molar-refractivity contribution in [3.05, 3.63) is 0 Å². The molecule has 1 spiro atoms. The molecular weight excluding hydrogens is 190 g/mol. The number of carbonyl (C=O) groups excluding carboxylic acids is 1. The molecule has 1 aliphatic carbocycles. The minimum atomic E-state index is 0.0976. The molecule has 84 valence electrons. The molecule has 0 radical (unpaired) electrons. The Labute approximate surface area is 90.4 Å². The molecule has 2 amide bonds. The summed E-state index contributed by atoms with van der Waals surface area (Å²) >= 11 is 0. The van der Waals surface area contributed by atoms with Crippen molar-refractivity contribution in [1.29, 1.82) is 0 Å². The maximum absolute atomic E-state index is 11.9. The summed E-state index contributed by atoms with van der Waals surface area (Å²) in [6, 6.07) is 0.691. The SMILES string of the molecule is O=C1NCC2(CCCNC2)N1C1CCC1. The van der Waals surface area contributed by atoms with Crippen LogP contribution in [0.1, 0.15) is 32.1 Å². The summed E-state index contributed by atoms with van der Waals surface area (Å²) in [5.74, 6) is 0. The van der Waals surface area contributed by atoms with Crippen molar-refractivity contribution < 1.29 is 4.79 Å². The van der Waals surface area contributed by atoms with E-state index in [4.69, 9.17) is 0 Å². The van der Waals surface area contributed by atoms with Crippen molar-refractivity contribution in [1.82, 2.24) is 15.5 Å². The molecule has 0 aromatic rings. The van der Waals surface area contributed by atoms with Crippen LogP contribution >= 0.6 is 0 Å². The largest absolute Gasteiger partial charge is 0.336 e. The lowest BCUT2D eigenvalue weighted by Gasteiger charge is -2.47. The fourth-order valence-electron chi connectivity index (χ4n) is 3.13. The molecule has 15 heavy (non-hydrogen) atoms. The van der Waals surface area contributed by atoms with Crippen molar-refractivity contribution >= 4 is 6.03 Å². The van der Waals surface area contributed by atoms with Gasteiger partial charge in [-0.25, -0.2) is 4.79 Å². The molecule has 3 rings (SSSR count). The van der Waals surface area contributed by atoms with Crippen LogP contribution in [0.15, 0.2) is 0 Å². The van der Waals surface area contributed by atoms with E-state index in [-0.39, 0.29) is 11.6 Å². The van der Waals surface area contributed by atoms with Gasteiger partial charge in [0.1, 0.15) is 0 Å². The third kappa shape index (κ3) is 1.34. The Balaban J connectivity index is 1.82. The zero-order valence-corrected chi connectivity index (χ0v) is 9.09. The molecular formula is C11H19N3O. The monoisotopic (exact) mass is 209 g/mol. The first kappa shape index (κ1) is 9.46. The van der Waals surface area contributed by atoms with E-state index in [2.05, 4.69) is 15.5 Å². The molecule has 1 saturated carbocycles. The average Bonchev–Trinajstić information content (AvgIpc) is 2.47. The Bertz CT molecular complexity index is 269.